The summed E-state index contributed by atoms with van der Waals surface area (Å²) in [7, 11) is 0. The molecule has 0 saturated carbocycles. The Bertz CT molecular complexity index is 369. The highest BCUT2D eigenvalue weighted by Gasteiger charge is 2.20. The standard InChI is InChI=1S/C11H13NO4.ClH/c1-2-15-11(14)16-10(13)9(12)8-6-4-3-5-7-8;/h3-7,9H,2,12H2,1H3;1H. The summed E-state index contributed by atoms with van der Waals surface area (Å²) in [5, 5.41) is 0. The molecule has 1 rings (SSSR count). The first-order valence-electron chi connectivity index (χ1n) is 4.84. The van der Waals surface area contributed by atoms with Crippen LogP contribution in [0.3, 0.4) is 0 Å². The molecular formula is C11H14ClNO4. The Morgan fingerprint density at radius 2 is 1.88 bits per heavy atom. The molecule has 0 radical (unpaired) electrons. The quantitative estimate of drug-likeness (QED) is 0.662. The fourth-order valence-electron chi connectivity index (χ4n) is 1.09. The molecule has 94 valence electrons. The van der Waals surface area contributed by atoms with Crippen molar-refractivity contribution < 1.29 is 19.1 Å². The van der Waals surface area contributed by atoms with Crippen LogP contribution in [0.5, 0.6) is 0 Å². The highest BCUT2D eigenvalue weighted by atomic mass is 35.5. The summed E-state index contributed by atoms with van der Waals surface area (Å²) in [4.78, 5) is 22.2. The summed E-state index contributed by atoms with van der Waals surface area (Å²) in [5.74, 6) is -0.829. The largest absolute Gasteiger partial charge is 0.516 e. The van der Waals surface area contributed by atoms with Gasteiger partial charge in [-0.05, 0) is 12.5 Å². The number of carbonyl (C=O) groups is 2. The van der Waals surface area contributed by atoms with Crippen LogP contribution in [-0.4, -0.2) is 18.7 Å². The minimum absolute atomic E-state index is 0. The lowest BCUT2D eigenvalue weighted by atomic mass is 10.1. The number of halogens is 1. The minimum atomic E-state index is -1.03. The van der Waals surface area contributed by atoms with Gasteiger partial charge in [-0.25, -0.2) is 9.59 Å². The van der Waals surface area contributed by atoms with Crippen molar-refractivity contribution in [1.82, 2.24) is 0 Å². The van der Waals surface area contributed by atoms with Crippen LogP contribution in [-0.2, 0) is 14.3 Å². The number of ether oxygens (including phenoxy) is 2. The zero-order valence-corrected chi connectivity index (χ0v) is 10.1. The molecule has 2 N–H and O–H groups in total. The average Bonchev–Trinajstić information content (AvgIpc) is 2.29. The second-order valence-electron chi connectivity index (χ2n) is 2.99. The van der Waals surface area contributed by atoms with E-state index >= 15 is 0 Å². The van der Waals surface area contributed by atoms with E-state index in [0.29, 0.717) is 5.56 Å². The SMILES string of the molecule is CCOC(=O)OC(=O)C(N)c1ccccc1.Cl. The third-order valence-electron chi connectivity index (χ3n) is 1.86. The normalized spacial score (nSPS) is 10.9. The number of carbonyl (C=O) groups excluding carboxylic acids is 2. The molecule has 0 fully saturated rings. The molecule has 0 aliphatic rings. The lowest BCUT2D eigenvalue weighted by Crippen LogP contribution is -2.26. The molecule has 0 bridgehead atoms. The first-order valence-corrected chi connectivity index (χ1v) is 4.84. The first kappa shape index (κ1) is 15.4. The van der Waals surface area contributed by atoms with Crippen molar-refractivity contribution in [2.75, 3.05) is 6.61 Å². The van der Waals surface area contributed by atoms with E-state index in [1.54, 1.807) is 37.3 Å². The highest BCUT2D eigenvalue weighted by Crippen LogP contribution is 2.11. The molecule has 0 spiro atoms. The van der Waals surface area contributed by atoms with E-state index in [1.165, 1.54) is 0 Å². The van der Waals surface area contributed by atoms with Gasteiger partial charge in [-0.2, -0.15) is 0 Å². The molecule has 1 aromatic rings. The van der Waals surface area contributed by atoms with Gasteiger partial charge in [0.25, 0.3) is 0 Å². The van der Waals surface area contributed by atoms with Crippen molar-refractivity contribution in [3.63, 3.8) is 0 Å². The summed E-state index contributed by atoms with van der Waals surface area (Å²) < 4.78 is 8.84. The lowest BCUT2D eigenvalue weighted by Gasteiger charge is -2.09. The number of benzene rings is 1. The molecule has 0 amide bonds. The average molecular weight is 260 g/mol. The van der Waals surface area contributed by atoms with Gasteiger partial charge in [0, 0.05) is 0 Å². The molecule has 17 heavy (non-hydrogen) atoms. The van der Waals surface area contributed by atoms with E-state index in [0.717, 1.165) is 0 Å². The van der Waals surface area contributed by atoms with Crippen molar-refractivity contribution >= 4 is 24.5 Å². The van der Waals surface area contributed by atoms with Gasteiger partial charge >= 0.3 is 12.1 Å². The van der Waals surface area contributed by atoms with Crippen LogP contribution in [0, 0.1) is 0 Å². The maximum absolute atomic E-state index is 11.4. The molecule has 1 atom stereocenters. The number of hydrogen-bond donors (Lipinski definition) is 1. The lowest BCUT2D eigenvalue weighted by molar-refractivity contribution is -0.141. The summed E-state index contributed by atoms with van der Waals surface area (Å²) in [6.45, 7) is 1.76. The van der Waals surface area contributed by atoms with E-state index in [-0.39, 0.29) is 19.0 Å². The van der Waals surface area contributed by atoms with Crippen LogP contribution < -0.4 is 5.73 Å². The van der Waals surface area contributed by atoms with Gasteiger partial charge in [-0.15, -0.1) is 12.4 Å². The molecule has 0 aliphatic heterocycles. The number of rotatable bonds is 3. The summed E-state index contributed by atoms with van der Waals surface area (Å²) in [6, 6.07) is 7.66. The predicted octanol–water partition coefficient (Wildman–Crippen LogP) is 1.81. The molecular weight excluding hydrogens is 246 g/mol. The van der Waals surface area contributed by atoms with Crippen molar-refractivity contribution in [2.45, 2.75) is 13.0 Å². The Morgan fingerprint density at radius 1 is 1.29 bits per heavy atom. The second-order valence-corrected chi connectivity index (χ2v) is 2.99. The monoisotopic (exact) mass is 259 g/mol. The van der Waals surface area contributed by atoms with E-state index in [1.807, 2.05) is 0 Å². The van der Waals surface area contributed by atoms with Crippen LogP contribution in [0.4, 0.5) is 4.79 Å². The zero-order valence-electron chi connectivity index (χ0n) is 9.29. The molecule has 5 nitrogen and oxygen atoms in total. The molecule has 0 heterocycles. The second kappa shape index (κ2) is 7.65. The van der Waals surface area contributed by atoms with E-state index in [2.05, 4.69) is 9.47 Å². The van der Waals surface area contributed by atoms with Gasteiger partial charge in [0.05, 0.1) is 6.61 Å². The first-order chi connectivity index (χ1) is 7.65. The van der Waals surface area contributed by atoms with Crippen LogP contribution in [0.25, 0.3) is 0 Å². The van der Waals surface area contributed by atoms with Gasteiger partial charge < -0.3 is 15.2 Å². The summed E-state index contributed by atoms with van der Waals surface area (Å²) in [6.07, 6.45) is -1.03. The fraction of sp³-hybridized carbons (Fsp3) is 0.273. The maximum atomic E-state index is 11.4. The summed E-state index contributed by atoms with van der Waals surface area (Å²) in [5.41, 5.74) is 6.18. The highest BCUT2D eigenvalue weighted by molar-refractivity contribution is 5.86. The zero-order chi connectivity index (χ0) is 12.0. The van der Waals surface area contributed by atoms with Crippen LogP contribution in [0.2, 0.25) is 0 Å². The topological polar surface area (TPSA) is 78.6 Å². The third kappa shape index (κ3) is 4.84. The van der Waals surface area contributed by atoms with Gasteiger partial charge in [0.15, 0.2) is 0 Å². The van der Waals surface area contributed by atoms with Crippen LogP contribution in [0.1, 0.15) is 18.5 Å². The van der Waals surface area contributed by atoms with Crippen LogP contribution >= 0.6 is 12.4 Å². The Morgan fingerprint density at radius 3 is 2.41 bits per heavy atom. The van der Waals surface area contributed by atoms with Gasteiger partial charge in [-0.1, -0.05) is 30.3 Å². The van der Waals surface area contributed by atoms with Crippen molar-refractivity contribution in [1.29, 1.82) is 0 Å². The van der Waals surface area contributed by atoms with Crippen molar-refractivity contribution in [2.24, 2.45) is 5.73 Å². The third-order valence-corrected chi connectivity index (χ3v) is 1.86. The predicted molar refractivity (Wildman–Crippen MR) is 63.7 cm³/mol. The Balaban J connectivity index is 0.00000256. The molecule has 0 saturated heterocycles. The Labute approximate surface area is 105 Å². The summed E-state index contributed by atoms with van der Waals surface area (Å²) >= 11 is 0. The van der Waals surface area contributed by atoms with E-state index in [4.69, 9.17) is 5.73 Å². The number of nitrogens with two attached hydrogens (primary N) is 1. The molecule has 0 aliphatic carbocycles. The molecule has 1 unspecified atom stereocenters. The minimum Gasteiger partial charge on any atom is -0.434 e. The van der Waals surface area contributed by atoms with Gasteiger partial charge in [-0.3, -0.25) is 0 Å². The van der Waals surface area contributed by atoms with Crippen LogP contribution in [0.15, 0.2) is 30.3 Å². The number of hydrogen-bond acceptors (Lipinski definition) is 5. The molecule has 1 aromatic carbocycles. The Kier molecular flexibility index (Phi) is 6.93. The van der Waals surface area contributed by atoms with Gasteiger partial charge in [0.1, 0.15) is 6.04 Å². The molecule has 0 aromatic heterocycles. The van der Waals surface area contributed by atoms with Gasteiger partial charge in [0.2, 0.25) is 0 Å². The van der Waals surface area contributed by atoms with Crippen molar-refractivity contribution in [3.05, 3.63) is 35.9 Å². The fourth-order valence-corrected chi connectivity index (χ4v) is 1.09. The number of esters is 1. The Hall–Kier alpha value is -1.59. The molecule has 6 heteroatoms. The van der Waals surface area contributed by atoms with E-state index in [9.17, 15) is 9.59 Å². The smallest absolute Gasteiger partial charge is 0.434 e. The van der Waals surface area contributed by atoms with Crippen molar-refractivity contribution in [3.8, 4) is 0 Å². The maximum Gasteiger partial charge on any atom is 0.516 e. The van der Waals surface area contributed by atoms with E-state index < -0.39 is 18.2 Å².